The highest BCUT2D eigenvalue weighted by atomic mass is 32.2. The molecule has 0 aliphatic rings. The van der Waals surface area contributed by atoms with Gasteiger partial charge >= 0.3 is 5.97 Å². The minimum absolute atomic E-state index is 0.0617. The van der Waals surface area contributed by atoms with E-state index in [1.165, 1.54) is 33.9 Å². The first-order valence-electron chi connectivity index (χ1n) is 9.98. The molecule has 33 heavy (non-hydrogen) atoms. The minimum atomic E-state index is -3.91. The lowest BCUT2D eigenvalue weighted by atomic mass is 10.1. The molecule has 2 heterocycles. The topological polar surface area (TPSA) is 107 Å². The predicted octanol–water partition coefficient (Wildman–Crippen LogP) is 3.84. The van der Waals surface area contributed by atoms with Gasteiger partial charge in [0.25, 0.3) is 15.6 Å². The first kappa shape index (κ1) is 22.7. The van der Waals surface area contributed by atoms with Crippen molar-refractivity contribution >= 4 is 38.0 Å². The second kappa shape index (κ2) is 8.80. The Morgan fingerprint density at radius 3 is 2.67 bits per heavy atom. The van der Waals surface area contributed by atoms with Crippen molar-refractivity contribution in [1.29, 1.82) is 0 Å². The molecular formula is C23H21N3O5S2. The fraction of sp³-hybridized carbons (Fsp3) is 0.174. The zero-order valence-corrected chi connectivity index (χ0v) is 19.8. The van der Waals surface area contributed by atoms with Crippen LogP contribution >= 0.6 is 11.3 Å². The van der Waals surface area contributed by atoms with Crippen LogP contribution in [0.1, 0.15) is 32.9 Å². The number of fused-ring (bicyclic) bond motifs is 1. The maximum Gasteiger partial charge on any atom is 0.338 e. The molecule has 0 unspecified atom stereocenters. The van der Waals surface area contributed by atoms with Gasteiger partial charge in [-0.25, -0.2) is 18.2 Å². The first-order valence-corrected chi connectivity index (χ1v) is 12.3. The van der Waals surface area contributed by atoms with Gasteiger partial charge in [-0.1, -0.05) is 18.2 Å². The number of thiazole rings is 1. The predicted molar refractivity (Wildman–Crippen MR) is 126 cm³/mol. The van der Waals surface area contributed by atoms with Crippen LogP contribution in [0.4, 0.5) is 5.69 Å². The number of aryl methyl sites for hydroxylation is 3. The Balaban J connectivity index is 1.55. The monoisotopic (exact) mass is 483 g/mol. The Bertz CT molecular complexity index is 1540. The molecular weight excluding hydrogens is 462 g/mol. The van der Waals surface area contributed by atoms with Crippen LogP contribution in [0.2, 0.25) is 0 Å². The van der Waals surface area contributed by atoms with Crippen LogP contribution in [0.5, 0.6) is 0 Å². The number of ether oxygens (including phenoxy) is 1. The number of esters is 1. The van der Waals surface area contributed by atoms with Crippen molar-refractivity contribution in [2.45, 2.75) is 32.3 Å². The summed E-state index contributed by atoms with van der Waals surface area (Å²) in [5, 5.41) is 1.82. The number of sulfonamides is 1. The number of rotatable bonds is 6. The van der Waals surface area contributed by atoms with Gasteiger partial charge in [0.2, 0.25) is 0 Å². The van der Waals surface area contributed by atoms with E-state index in [9.17, 15) is 18.0 Å². The second-order valence-electron chi connectivity index (χ2n) is 7.61. The van der Waals surface area contributed by atoms with E-state index in [-0.39, 0.29) is 22.6 Å². The van der Waals surface area contributed by atoms with E-state index in [2.05, 4.69) is 9.71 Å². The average molecular weight is 484 g/mol. The number of benzene rings is 2. The number of hydrogen-bond donors (Lipinski definition) is 1. The number of nitrogens with one attached hydrogen (secondary N) is 1. The van der Waals surface area contributed by atoms with E-state index in [1.807, 2.05) is 25.3 Å². The minimum Gasteiger partial charge on any atom is -0.456 e. The van der Waals surface area contributed by atoms with E-state index in [0.29, 0.717) is 21.9 Å². The van der Waals surface area contributed by atoms with Crippen LogP contribution in [-0.2, 0) is 21.4 Å². The molecule has 2 aromatic heterocycles. The molecule has 0 amide bonds. The summed E-state index contributed by atoms with van der Waals surface area (Å²) in [7, 11) is -3.91. The maximum atomic E-state index is 12.8. The number of anilines is 1. The number of carbonyl (C=O) groups excluding carboxylic acids is 1. The van der Waals surface area contributed by atoms with Crippen LogP contribution in [-0.4, -0.2) is 23.8 Å². The van der Waals surface area contributed by atoms with Crippen LogP contribution in [0.15, 0.2) is 63.6 Å². The molecule has 2 aromatic carbocycles. The summed E-state index contributed by atoms with van der Waals surface area (Å²) in [6.45, 7) is 5.15. The summed E-state index contributed by atoms with van der Waals surface area (Å²) >= 11 is 1.32. The second-order valence-corrected chi connectivity index (χ2v) is 10.1. The van der Waals surface area contributed by atoms with Gasteiger partial charge in [0.15, 0.2) is 4.96 Å². The van der Waals surface area contributed by atoms with Gasteiger partial charge in [0.05, 0.1) is 16.2 Å². The van der Waals surface area contributed by atoms with Gasteiger partial charge in [0.1, 0.15) is 6.61 Å². The van der Waals surface area contributed by atoms with Crippen molar-refractivity contribution in [3.8, 4) is 0 Å². The van der Waals surface area contributed by atoms with Crippen LogP contribution in [0.25, 0.3) is 4.96 Å². The third kappa shape index (κ3) is 4.81. The molecule has 4 rings (SSSR count). The molecule has 0 bridgehead atoms. The smallest absolute Gasteiger partial charge is 0.338 e. The average Bonchev–Trinajstić information content (AvgIpc) is 3.13. The molecule has 0 spiro atoms. The van der Waals surface area contributed by atoms with E-state index >= 15 is 0 Å². The fourth-order valence-corrected chi connectivity index (χ4v) is 5.27. The van der Waals surface area contributed by atoms with Crippen molar-refractivity contribution in [1.82, 2.24) is 9.38 Å². The molecule has 4 aromatic rings. The zero-order chi connectivity index (χ0) is 23.8. The highest BCUT2D eigenvalue weighted by Crippen LogP contribution is 2.21. The zero-order valence-electron chi connectivity index (χ0n) is 18.2. The van der Waals surface area contributed by atoms with Crippen molar-refractivity contribution in [2.75, 3.05) is 4.72 Å². The largest absolute Gasteiger partial charge is 0.456 e. The van der Waals surface area contributed by atoms with Crippen molar-refractivity contribution in [2.24, 2.45) is 0 Å². The van der Waals surface area contributed by atoms with Gasteiger partial charge < -0.3 is 4.74 Å². The lowest BCUT2D eigenvalue weighted by molar-refractivity contribution is 0.0466. The molecule has 0 aliphatic carbocycles. The molecule has 0 saturated heterocycles. The summed E-state index contributed by atoms with van der Waals surface area (Å²) in [6.07, 6.45) is 0. The highest BCUT2D eigenvalue weighted by Gasteiger charge is 2.19. The van der Waals surface area contributed by atoms with Gasteiger partial charge in [-0.15, -0.1) is 11.3 Å². The lowest BCUT2D eigenvalue weighted by Gasteiger charge is -2.12. The van der Waals surface area contributed by atoms with E-state index in [1.54, 1.807) is 31.2 Å². The summed E-state index contributed by atoms with van der Waals surface area (Å²) in [4.78, 5) is 29.8. The molecule has 0 fully saturated rings. The van der Waals surface area contributed by atoms with E-state index in [4.69, 9.17) is 4.74 Å². The maximum absolute atomic E-state index is 12.8. The third-order valence-electron chi connectivity index (χ3n) is 4.99. The van der Waals surface area contributed by atoms with Gasteiger partial charge in [-0.3, -0.25) is 13.9 Å². The van der Waals surface area contributed by atoms with Crippen LogP contribution in [0, 0.1) is 20.8 Å². The number of hydrogen-bond acceptors (Lipinski definition) is 7. The molecule has 1 N–H and O–H groups in total. The molecule has 0 aliphatic heterocycles. The Hall–Kier alpha value is -3.50. The normalized spacial score (nSPS) is 11.5. The van der Waals surface area contributed by atoms with Crippen molar-refractivity contribution in [3.63, 3.8) is 0 Å². The highest BCUT2D eigenvalue weighted by molar-refractivity contribution is 7.92. The lowest BCUT2D eigenvalue weighted by Crippen LogP contribution is -2.17. The number of aromatic nitrogens is 2. The Labute approximate surface area is 194 Å². The molecule has 10 heteroatoms. The molecule has 170 valence electrons. The SMILES string of the molecule is Cc1cccc(NS(=O)(=O)c2ccc(C)c(C(=O)OCc3cc(=O)n4c(C)csc4n3)c2)c1. The summed E-state index contributed by atoms with van der Waals surface area (Å²) in [5.41, 5.74) is 2.86. The van der Waals surface area contributed by atoms with Gasteiger partial charge in [-0.2, -0.15) is 0 Å². The van der Waals surface area contributed by atoms with Crippen molar-refractivity contribution in [3.05, 3.63) is 92.3 Å². The Kier molecular flexibility index (Phi) is 6.05. The number of nitrogens with zero attached hydrogens (tertiary/aromatic N) is 2. The Morgan fingerprint density at radius 2 is 1.91 bits per heavy atom. The summed E-state index contributed by atoms with van der Waals surface area (Å²) in [5.74, 6) is -0.704. The summed E-state index contributed by atoms with van der Waals surface area (Å²) < 4.78 is 35.0. The molecule has 0 atom stereocenters. The molecule has 0 saturated carbocycles. The van der Waals surface area contributed by atoms with Crippen LogP contribution in [0.3, 0.4) is 0 Å². The number of carbonyl (C=O) groups is 1. The quantitative estimate of drug-likeness (QED) is 0.418. The standard InChI is InChI=1S/C23H21N3O5S2/c1-14-5-4-6-17(9-14)25-33(29,30)19-8-7-15(2)20(11-19)22(28)31-12-18-10-21(27)26-16(3)13-32-23(26)24-18/h4-11,13,25H,12H2,1-3H3. The summed E-state index contributed by atoms with van der Waals surface area (Å²) in [6, 6.07) is 12.5. The van der Waals surface area contributed by atoms with Gasteiger partial charge in [0, 0.05) is 22.8 Å². The first-order chi connectivity index (χ1) is 15.6. The third-order valence-corrected chi connectivity index (χ3v) is 7.31. The Morgan fingerprint density at radius 1 is 1.12 bits per heavy atom. The van der Waals surface area contributed by atoms with Crippen LogP contribution < -0.4 is 10.3 Å². The molecule has 0 radical (unpaired) electrons. The fourth-order valence-electron chi connectivity index (χ4n) is 3.30. The van der Waals surface area contributed by atoms with Crippen molar-refractivity contribution < 1.29 is 17.9 Å². The van der Waals surface area contributed by atoms with E-state index in [0.717, 1.165) is 11.3 Å². The van der Waals surface area contributed by atoms with Gasteiger partial charge in [-0.05, 0) is 56.2 Å². The molecule has 8 nitrogen and oxygen atoms in total. The van der Waals surface area contributed by atoms with E-state index < -0.39 is 16.0 Å².